The first kappa shape index (κ1) is 16.4. The van der Waals surface area contributed by atoms with E-state index in [0.717, 1.165) is 6.42 Å². The van der Waals surface area contributed by atoms with E-state index in [2.05, 4.69) is 6.92 Å². The molecule has 0 saturated carbocycles. The van der Waals surface area contributed by atoms with Gasteiger partial charge >= 0.3 is 0 Å². The number of unbranched alkanes of at least 4 members (excludes halogenated alkanes) is 6. The lowest BCUT2D eigenvalue weighted by Gasteiger charge is -2.02. The van der Waals surface area contributed by atoms with Crippen molar-refractivity contribution in [2.75, 3.05) is 0 Å². The first-order valence-corrected chi connectivity index (χ1v) is 6.61. The fraction of sp³-hybridized carbons (Fsp3) is 0.600. The van der Waals surface area contributed by atoms with E-state index >= 15 is 0 Å². The minimum atomic E-state index is 0. The third kappa shape index (κ3) is 8.21. The summed E-state index contributed by atoms with van der Waals surface area (Å²) >= 11 is 0. The monoisotopic (exact) mass is 254 g/mol. The van der Waals surface area contributed by atoms with Crippen LogP contribution in [-0.4, -0.2) is 5.11 Å². The summed E-state index contributed by atoms with van der Waals surface area (Å²) in [6, 6.07) is 7.59. The van der Waals surface area contributed by atoms with E-state index in [1.165, 1.54) is 50.5 Å². The van der Waals surface area contributed by atoms with Gasteiger partial charge in [-0.05, 0) is 30.5 Å². The Morgan fingerprint density at radius 2 is 1.35 bits per heavy atom. The van der Waals surface area contributed by atoms with Gasteiger partial charge in [0.1, 0.15) is 5.75 Å². The van der Waals surface area contributed by atoms with Crippen molar-refractivity contribution in [3.63, 3.8) is 0 Å². The van der Waals surface area contributed by atoms with Crippen LogP contribution < -0.4 is 0 Å². The van der Waals surface area contributed by atoms with Crippen LogP contribution in [0.1, 0.15) is 57.4 Å². The predicted octanol–water partition coefficient (Wildman–Crippen LogP) is 4.74. The third-order valence-corrected chi connectivity index (χ3v) is 3.01. The Labute approximate surface area is 109 Å². The quantitative estimate of drug-likeness (QED) is 0.524. The third-order valence-electron chi connectivity index (χ3n) is 3.01. The Morgan fingerprint density at radius 1 is 0.824 bits per heavy atom. The number of hydrogen-bond acceptors (Lipinski definition) is 1. The van der Waals surface area contributed by atoms with E-state index in [4.69, 9.17) is 5.11 Å². The molecular formula is C15H27OP. The molecule has 0 aliphatic rings. The zero-order valence-electron chi connectivity index (χ0n) is 11.1. The predicted molar refractivity (Wildman–Crippen MR) is 80.9 cm³/mol. The maximum atomic E-state index is 9.15. The van der Waals surface area contributed by atoms with E-state index in [0.29, 0.717) is 5.75 Å². The number of phenols is 1. The summed E-state index contributed by atoms with van der Waals surface area (Å²) in [5.74, 6) is 0.364. The topological polar surface area (TPSA) is 20.2 Å². The summed E-state index contributed by atoms with van der Waals surface area (Å²) in [7, 11) is 0. The van der Waals surface area contributed by atoms with Gasteiger partial charge in [0.05, 0.1) is 0 Å². The van der Waals surface area contributed by atoms with Crippen molar-refractivity contribution in [2.45, 2.75) is 58.3 Å². The van der Waals surface area contributed by atoms with Gasteiger partial charge in [0.25, 0.3) is 0 Å². The number of rotatable bonds is 8. The first-order valence-electron chi connectivity index (χ1n) is 6.61. The van der Waals surface area contributed by atoms with Gasteiger partial charge in [-0.15, -0.1) is 0 Å². The van der Waals surface area contributed by atoms with Crippen LogP contribution in [-0.2, 0) is 6.42 Å². The summed E-state index contributed by atoms with van der Waals surface area (Å²) in [5, 5.41) is 9.15. The van der Waals surface area contributed by atoms with E-state index in [1.807, 2.05) is 12.1 Å². The lowest BCUT2D eigenvalue weighted by molar-refractivity contribution is 0.475. The number of benzene rings is 1. The Bertz CT molecular complexity index is 269. The van der Waals surface area contributed by atoms with Crippen LogP contribution in [0.15, 0.2) is 24.3 Å². The molecule has 0 aliphatic heterocycles. The molecule has 0 aromatic heterocycles. The van der Waals surface area contributed by atoms with Gasteiger partial charge in [-0.3, -0.25) is 0 Å². The van der Waals surface area contributed by atoms with Crippen LogP contribution in [0, 0.1) is 0 Å². The van der Waals surface area contributed by atoms with E-state index in [1.54, 1.807) is 12.1 Å². The molecule has 1 atom stereocenters. The molecule has 1 aromatic rings. The number of phenolic OH excluding ortho intramolecular Hbond substituents is 1. The molecule has 1 N–H and O–H groups in total. The lowest BCUT2D eigenvalue weighted by atomic mass is 10.0. The molecule has 0 aliphatic carbocycles. The van der Waals surface area contributed by atoms with E-state index in [-0.39, 0.29) is 9.90 Å². The van der Waals surface area contributed by atoms with E-state index in [9.17, 15) is 0 Å². The standard InChI is InChI=1S/C15H24O.H3P/c1-2-3-4-5-6-7-8-9-14-10-12-15(16)13-11-14;/h10-13,16H,2-9H2,1H3;1H3. The Morgan fingerprint density at radius 3 is 1.94 bits per heavy atom. The summed E-state index contributed by atoms with van der Waals surface area (Å²) in [6.45, 7) is 2.25. The molecule has 98 valence electrons. The maximum absolute atomic E-state index is 9.15. The molecule has 0 spiro atoms. The van der Waals surface area contributed by atoms with Gasteiger partial charge < -0.3 is 5.11 Å². The molecule has 1 unspecified atom stereocenters. The largest absolute Gasteiger partial charge is 0.508 e. The SMILES string of the molecule is CCCCCCCCCc1ccc(O)cc1.P. The van der Waals surface area contributed by atoms with Crippen LogP contribution >= 0.6 is 9.90 Å². The average Bonchev–Trinajstić information content (AvgIpc) is 2.30. The van der Waals surface area contributed by atoms with Crippen molar-refractivity contribution in [3.05, 3.63) is 29.8 Å². The normalized spacial score (nSPS) is 9.94. The fourth-order valence-electron chi connectivity index (χ4n) is 1.95. The maximum Gasteiger partial charge on any atom is 0.115 e. The molecule has 0 fully saturated rings. The van der Waals surface area contributed by atoms with Gasteiger partial charge in [-0.2, -0.15) is 9.90 Å². The molecule has 1 nitrogen and oxygen atoms in total. The highest BCUT2D eigenvalue weighted by Gasteiger charge is 1.94. The highest BCUT2D eigenvalue weighted by molar-refractivity contribution is 6.92. The van der Waals surface area contributed by atoms with Gasteiger partial charge in [-0.25, -0.2) is 0 Å². The van der Waals surface area contributed by atoms with E-state index < -0.39 is 0 Å². The van der Waals surface area contributed by atoms with Crippen molar-refractivity contribution in [3.8, 4) is 5.75 Å². The van der Waals surface area contributed by atoms with Crippen molar-refractivity contribution in [1.82, 2.24) is 0 Å². The van der Waals surface area contributed by atoms with Crippen LogP contribution in [0.5, 0.6) is 5.75 Å². The molecule has 1 rings (SSSR count). The minimum absolute atomic E-state index is 0. The second-order valence-corrected chi connectivity index (χ2v) is 4.54. The number of hydrogen-bond donors (Lipinski definition) is 1. The fourth-order valence-corrected chi connectivity index (χ4v) is 1.95. The van der Waals surface area contributed by atoms with Crippen molar-refractivity contribution >= 4 is 9.90 Å². The summed E-state index contributed by atoms with van der Waals surface area (Å²) in [4.78, 5) is 0. The van der Waals surface area contributed by atoms with Crippen molar-refractivity contribution in [2.24, 2.45) is 0 Å². The lowest BCUT2D eigenvalue weighted by Crippen LogP contribution is -1.85. The molecule has 17 heavy (non-hydrogen) atoms. The number of aromatic hydroxyl groups is 1. The smallest absolute Gasteiger partial charge is 0.115 e. The molecule has 1 aromatic carbocycles. The van der Waals surface area contributed by atoms with Crippen molar-refractivity contribution < 1.29 is 5.11 Å². The molecule has 0 radical (unpaired) electrons. The number of aryl methyl sites for hydroxylation is 1. The molecule has 0 bridgehead atoms. The van der Waals surface area contributed by atoms with Gasteiger partial charge in [-0.1, -0.05) is 57.6 Å². The Balaban J connectivity index is 0.00000256. The molecular weight excluding hydrogens is 227 g/mol. The van der Waals surface area contributed by atoms with Crippen LogP contribution in [0.4, 0.5) is 0 Å². The van der Waals surface area contributed by atoms with Crippen LogP contribution in [0.25, 0.3) is 0 Å². The summed E-state index contributed by atoms with van der Waals surface area (Å²) in [5.41, 5.74) is 1.34. The molecule has 0 amide bonds. The summed E-state index contributed by atoms with van der Waals surface area (Å²) < 4.78 is 0. The van der Waals surface area contributed by atoms with Gasteiger partial charge in [0, 0.05) is 0 Å². The Kier molecular flexibility index (Phi) is 10.3. The summed E-state index contributed by atoms with van der Waals surface area (Å²) in [6.07, 6.45) is 10.6. The molecule has 2 heteroatoms. The second kappa shape index (κ2) is 10.6. The minimum Gasteiger partial charge on any atom is -0.508 e. The zero-order valence-corrected chi connectivity index (χ0v) is 12.5. The molecule has 0 saturated heterocycles. The second-order valence-electron chi connectivity index (χ2n) is 4.54. The van der Waals surface area contributed by atoms with Crippen molar-refractivity contribution in [1.29, 1.82) is 0 Å². The van der Waals surface area contributed by atoms with Gasteiger partial charge in [0.15, 0.2) is 0 Å². The highest BCUT2D eigenvalue weighted by Crippen LogP contribution is 2.13. The first-order chi connectivity index (χ1) is 7.83. The van der Waals surface area contributed by atoms with Crippen LogP contribution in [0.2, 0.25) is 0 Å². The zero-order chi connectivity index (χ0) is 11.6. The van der Waals surface area contributed by atoms with Crippen LogP contribution in [0.3, 0.4) is 0 Å². The Hall–Kier alpha value is -0.550. The average molecular weight is 254 g/mol. The highest BCUT2D eigenvalue weighted by atomic mass is 31.0. The van der Waals surface area contributed by atoms with Gasteiger partial charge in [0.2, 0.25) is 0 Å². The molecule has 0 heterocycles.